The number of nitrogens with one attached hydrogen (secondary N) is 1. The second-order valence-electron chi connectivity index (χ2n) is 4.86. The first kappa shape index (κ1) is 15.0. The summed E-state index contributed by atoms with van der Waals surface area (Å²) in [5, 5.41) is 3.25. The van der Waals surface area contributed by atoms with Crippen LogP contribution in [-0.2, 0) is 6.54 Å². The van der Waals surface area contributed by atoms with Gasteiger partial charge in [-0.2, -0.15) is 0 Å². The standard InChI is InChI=1S/C16H17BrFNO/c1-11(2)19-10-12-6-7-16(15(18)8-12)20-14-5-3-4-13(17)9-14/h3-9,11,19H,10H2,1-2H3. The Labute approximate surface area is 127 Å². The molecule has 0 aliphatic carbocycles. The number of halogens is 2. The summed E-state index contributed by atoms with van der Waals surface area (Å²) >= 11 is 3.36. The van der Waals surface area contributed by atoms with E-state index in [1.807, 2.05) is 18.2 Å². The number of rotatable bonds is 5. The van der Waals surface area contributed by atoms with Gasteiger partial charge in [-0.05, 0) is 35.9 Å². The van der Waals surface area contributed by atoms with Gasteiger partial charge in [0.25, 0.3) is 0 Å². The van der Waals surface area contributed by atoms with Crippen LogP contribution in [0.5, 0.6) is 11.5 Å². The molecule has 20 heavy (non-hydrogen) atoms. The molecule has 2 aromatic rings. The van der Waals surface area contributed by atoms with Gasteiger partial charge in [-0.25, -0.2) is 4.39 Å². The highest BCUT2D eigenvalue weighted by Crippen LogP contribution is 2.27. The number of ether oxygens (including phenoxy) is 1. The maximum absolute atomic E-state index is 14.0. The molecule has 4 heteroatoms. The van der Waals surface area contributed by atoms with Gasteiger partial charge in [0.1, 0.15) is 5.75 Å². The molecule has 0 radical (unpaired) electrons. The minimum Gasteiger partial charge on any atom is -0.454 e. The third-order valence-corrected chi connectivity index (χ3v) is 3.23. The van der Waals surface area contributed by atoms with Gasteiger partial charge in [-0.3, -0.25) is 0 Å². The summed E-state index contributed by atoms with van der Waals surface area (Å²) in [6.07, 6.45) is 0. The number of hydrogen-bond donors (Lipinski definition) is 1. The Bertz CT molecular complexity index is 586. The van der Waals surface area contributed by atoms with Crippen molar-refractivity contribution in [1.82, 2.24) is 5.32 Å². The number of hydrogen-bond acceptors (Lipinski definition) is 2. The van der Waals surface area contributed by atoms with Gasteiger partial charge >= 0.3 is 0 Å². The lowest BCUT2D eigenvalue weighted by Crippen LogP contribution is -2.21. The van der Waals surface area contributed by atoms with Crippen LogP contribution >= 0.6 is 15.9 Å². The SMILES string of the molecule is CC(C)NCc1ccc(Oc2cccc(Br)c2)c(F)c1. The predicted octanol–water partition coefficient (Wildman–Crippen LogP) is 4.88. The molecule has 0 bridgehead atoms. The van der Waals surface area contributed by atoms with Gasteiger partial charge in [0.05, 0.1) is 0 Å². The molecule has 0 saturated carbocycles. The Morgan fingerprint density at radius 2 is 2.00 bits per heavy atom. The molecule has 0 saturated heterocycles. The van der Waals surface area contributed by atoms with Crippen LogP contribution in [0.1, 0.15) is 19.4 Å². The van der Waals surface area contributed by atoms with Gasteiger partial charge in [0, 0.05) is 17.1 Å². The van der Waals surface area contributed by atoms with E-state index in [1.54, 1.807) is 18.2 Å². The predicted molar refractivity (Wildman–Crippen MR) is 82.6 cm³/mol. The van der Waals surface area contributed by atoms with Gasteiger partial charge in [-0.15, -0.1) is 0 Å². The van der Waals surface area contributed by atoms with Crippen LogP contribution in [0.25, 0.3) is 0 Å². The van der Waals surface area contributed by atoms with E-state index in [0.717, 1.165) is 10.0 Å². The summed E-state index contributed by atoms with van der Waals surface area (Å²) in [5.74, 6) is 0.482. The lowest BCUT2D eigenvalue weighted by Gasteiger charge is -2.10. The number of benzene rings is 2. The summed E-state index contributed by atoms with van der Waals surface area (Å²) < 4.78 is 20.4. The monoisotopic (exact) mass is 337 g/mol. The van der Waals surface area contributed by atoms with Crippen LogP contribution in [-0.4, -0.2) is 6.04 Å². The molecule has 0 atom stereocenters. The van der Waals surface area contributed by atoms with Gasteiger partial charge < -0.3 is 10.1 Å². The molecular formula is C16H17BrFNO. The molecule has 106 valence electrons. The van der Waals surface area contributed by atoms with Crippen molar-refractivity contribution < 1.29 is 9.13 Å². The zero-order valence-corrected chi connectivity index (χ0v) is 13.1. The fourth-order valence-corrected chi connectivity index (χ4v) is 2.09. The van der Waals surface area contributed by atoms with Gasteiger partial charge in [-0.1, -0.05) is 41.9 Å². The molecule has 0 heterocycles. The normalized spacial score (nSPS) is 10.8. The second kappa shape index (κ2) is 6.86. The van der Waals surface area contributed by atoms with E-state index in [4.69, 9.17) is 4.74 Å². The van der Waals surface area contributed by atoms with E-state index >= 15 is 0 Å². The van der Waals surface area contributed by atoms with Crippen molar-refractivity contribution >= 4 is 15.9 Å². The molecule has 2 rings (SSSR count). The molecule has 0 aromatic heterocycles. The first-order chi connectivity index (χ1) is 9.54. The second-order valence-corrected chi connectivity index (χ2v) is 5.78. The molecule has 0 unspecified atom stereocenters. The Balaban J connectivity index is 2.09. The fourth-order valence-electron chi connectivity index (χ4n) is 1.72. The van der Waals surface area contributed by atoms with Crippen LogP contribution in [0.2, 0.25) is 0 Å². The van der Waals surface area contributed by atoms with E-state index < -0.39 is 0 Å². The van der Waals surface area contributed by atoms with Crippen LogP contribution in [0.3, 0.4) is 0 Å². The molecule has 0 fully saturated rings. The Kier molecular flexibility index (Phi) is 5.15. The average molecular weight is 338 g/mol. The maximum atomic E-state index is 14.0. The van der Waals surface area contributed by atoms with Crippen LogP contribution < -0.4 is 10.1 Å². The highest BCUT2D eigenvalue weighted by Gasteiger charge is 2.07. The Hall–Kier alpha value is -1.39. The van der Waals surface area contributed by atoms with Gasteiger partial charge in [0.15, 0.2) is 11.6 Å². The molecule has 0 spiro atoms. The van der Waals surface area contributed by atoms with Crippen molar-refractivity contribution in [2.45, 2.75) is 26.4 Å². The van der Waals surface area contributed by atoms with Crippen molar-refractivity contribution in [2.75, 3.05) is 0 Å². The van der Waals surface area contributed by atoms with Crippen LogP contribution in [0.4, 0.5) is 4.39 Å². The molecule has 0 aliphatic rings. The topological polar surface area (TPSA) is 21.3 Å². The third kappa shape index (κ3) is 4.32. The minimum absolute atomic E-state index is 0.233. The van der Waals surface area contributed by atoms with E-state index in [2.05, 4.69) is 35.1 Å². The lowest BCUT2D eigenvalue weighted by molar-refractivity contribution is 0.441. The Morgan fingerprint density at radius 1 is 1.20 bits per heavy atom. The third-order valence-electron chi connectivity index (χ3n) is 2.73. The molecule has 0 aliphatic heterocycles. The molecule has 2 nitrogen and oxygen atoms in total. The van der Waals surface area contributed by atoms with Gasteiger partial charge in [0.2, 0.25) is 0 Å². The fraction of sp³-hybridized carbons (Fsp3) is 0.250. The molecule has 2 aromatic carbocycles. The quantitative estimate of drug-likeness (QED) is 0.839. The van der Waals surface area contributed by atoms with Crippen molar-refractivity contribution in [1.29, 1.82) is 0 Å². The van der Waals surface area contributed by atoms with Crippen molar-refractivity contribution in [3.8, 4) is 11.5 Å². The summed E-state index contributed by atoms with van der Waals surface area (Å²) in [6, 6.07) is 12.7. The summed E-state index contributed by atoms with van der Waals surface area (Å²) in [4.78, 5) is 0. The maximum Gasteiger partial charge on any atom is 0.166 e. The van der Waals surface area contributed by atoms with Crippen LogP contribution in [0.15, 0.2) is 46.9 Å². The highest BCUT2D eigenvalue weighted by atomic mass is 79.9. The summed E-state index contributed by atoms with van der Waals surface area (Å²) in [7, 11) is 0. The first-order valence-corrected chi connectivity index (χ1v) is 7.29. The Morgan fingerprint density at radius 3 is 2.65 bits per heavy atom. The van der Waals surface area contributed by atoms with Crippen LogP contribution in [0, 0.1) is 5.82 Å². The summed E-state index contributed by atoms with van der Waals surface area (Å²) in [5.41, 5.74) is 0.901. The lowest BCUT2D eigenvalue weighted by atomic mass is 10.2. The zero-order chi connectivity index (χ0) is 14.5. The summed E-state index contributed by atoms with van der Waals surface area (Å²) in [6.45, 7) is 4.76. The molecular weight excluding hydrogens is 321 g/mol. The molecule has 0 amide bonds. The zero-order valence-electron chi connectivity index (χ0n) is 11.5. The van der Waals surface area contributed by atoms with Crippen molar-refractivity contribution in [2.24, 2.45) is 0 Å². The van der Waals surface area contributed by atoms with E-state index in [-0.39, 0.29) is 11.6 Å². The van der Waals surface area contributed by atoms with Crippen molar-refractivity contribution in [3.05, 3.63) is 58.3 Å². The first-order valence-electron chi connectivity index (χ1n) is 6.50. The van der Waals surface area contributed by atoms with E-state index in [0.29, 0.717) is 18.3 Å². The average Bonchev–Trinajstić information content (AvgIpc) is 2.39. The highest BCUT2D eigenvalue weighted by molar-refractivity contribution is 9.10. The largest absolute Gasteiger partial charge is 0.454 e. The van der Waals surface area contributed by atoms with E-state index in [1.165, 1.54) is 6.07 Å². The molecule has 1 N–H and O–H groups in total. The smallest absolute Gasteiger partial charge is 0.166 e. The van der Waals surface area contributed by atoms with Crippen molar-refractivity contribution in [3.63, 3.8) is 0 Å². The minimum atomic E-state index is -0.354. The van der Waals surface area contributed by atoms with E-state index in [9.17, 15) is 4.39 Å².